The number of nitrogens with two attached hydrogens (primary N) is 1. The molecule has 1 heterocycles. The summed E-state index contributed by atoms with van der Waals surface area (Å²) in [5, 5.41) is 0. The second-order valence-electron chi connectivity index (χ2n) is 4.95. The molecule has 0 bridgehead atoms. The fraction of sp³-hybridized carbons (Fsp3) is 0.462. The average Bonchev–Trinajstić information content (AvgIpc) is 2.26. The van der Waals surface area contributed by atoms with E-state index in [4.69, 9.17) is 15.2 Å². The van der Waals surface area contributed by atoms with E-state index in [0.717, 1.165) is 0 Å². The van der Waals surface area contributed by atoms with Crippen LogP contribution in [0.15, 0.2) is 18.2 Å². The van der Waals surface area contributed by atoms with E-state index in [0.29, 0.717) is 36.7 Å². The van der Waals surface area contributed by atoms with E-state index >= 15 is 0 Å². The van der Waals surface area contributed by atoms with Crippen molar-refractivity contribution in [3.63, 3.8) is 0 Å². The van der Waals surface area contributed by atoms with Crippen molar-refractivity contribution in [1.82, 2.24) is 0 Å². The minimum absolute atomic E-state index is 0.0227. The van der Waals surface area contributed by atoms with Gasteiger partial charge in [0.1, 0.15) is 13.2 Å². The van der Waals surface area contributed by atoms with Gasteiger partial charge in [-0.1, -0.05) is 0 Å². The van der Waals surface area contributed by atoms with Crippen LogP contribution in [0.5, 0.6) is 11.5 Å². The lowest BCUT2D eigenvalue weighted by atomic mass is 9.95. The van der Waals surface area contributed by atoms with Crippen molar-refractivity contribution in [2.24, 2.45) is 5.73 Å². The van der Waals surface area contributed by atoms with Crippen molar-refractivity contribution < 1.29 is 14.3 Å². The molecule has 0 saturated carbocycles. The summed E-state index contributed by atoms with van der Waals surface area (Å²) in [6, 6.07) is 5.25. The Morgan fingerprint density at radius 3 is 2.59 bits per heavy atom. The Morgan fingerprint density at radius 2 is 1.94 bits per heavy atom. The van der Waals surface area contributed by atoms with Gasteiger partial charge < -0.3 is 15.2 Å². The molecule has 1 aromatic carbocycles. The first kappa shape index (κ1) is 11.9. The van der Waals surface area contributed by atoms with Crippen LogP contribution >= 0.6 is 0 Å². The zero-order valence-electron chi connectivity index (χ0n) is 10.2. The molecule has 0 radical (unpaired) electrons. The van der Waals surface area contributed by atoms with Crippen molar-refractivity contribution in [2.45, 2.75) is 25.8 Å². The first-order valence-corrected chi connectivity index (χ1v) is 5.67. The molecule has 17 heavy (non-hydrogen) atoms. The lowest BCUT2D eigenvalue weighted by Crippen LogP contribution is -2.34. The highest BCUT2D eigenvalue weighted by atomic mass is 16.6. The first-order valence-electron chi connectivity index (χ1n) is 5.67. The molecule has 0 atom stereocenters. The number of carbonyl (C=O) groups is 1. The fourth-order valence-corrected chi connectivity index (χ4v) is 1.73. The van der Waals surface area contributed by atoms with E-state index < -0.39 is 5.54 Å². The van der Waals surface area contributed by atoms with Crippen molar-refractivity contribution in [3.05, 3.63) is 23.8 Å². The molecule has 0 aliphatic carbocycles. The normalized spacial score (nSPS) is 14.5. The lowest BCUT2D eigenvalue weighted by molar-refractivity contribution is 0.0959. The second kappa shape index (κ2) is 4.37. The Morgan fingerprint density at radius 1 is 1.29 bits per heavy atom. The topological polar surface area (TPSA) is 61.6 Å². The molecule has 2 rings (SSSR count). The van der Waals surface area contributed by atoms with E-state index in [1.54, 1.807) is 18.2 Å². The van der Waals surface area contributed by atoms with E-state index in [-0.39, 0.29) is 5.78 Å². The van der Waals surface area contributed by atoms with Gasteiger partial charge in [0, 0.05) is 17.5 Å². The molecule has 0 unspecified atom stereocenters. The van der Waals surface area contributed by atoms with E-state index in [1.165, 1.54) is 0 Å². The van der Waals surface area contributed by atoms with Crippen LogP contribution in [0.2, 0.25) is 0 Å². The Bertz CT molecular complexity index is 435. The summed E-state index contributed by atoms with van der Waals surface area (Å²) >= 11 is 0. The number of fused-ring (bicyclic) bond motifs is 1. The summed E-state index contributed by atoms with van der Waals surface area (Å²) in [7, 11) is 0. The number of benzene rings is 1. The Labute approximate surface area is 101 Å². The molecule has 4 heteroatoms. The van der Waals surface area contributed by atoms with Gasteiger partial charge in [-0.3, -0.25) is 4.79 Å². The average molecular weight is 235 g/mol. The number of ketones is 1. The van der Waals surface area contributed by atoms with Gasteiger partial charge in [-0.25, -0.2) is 0 Å². The summed E-state index contributed by atoms with van der Waals surface area (Å²) in [5.41, 5.74) is 5.96. The van der Waals surface area contributed by atoms with Gasteiger partial charge in [0.2, 0.25) is 0 Å². The van der Waals surface area contributed by atoms with Gasteiger partial charge in [-0.15, -0.1) is 0 Å². The van der Waals surface area contributed by atoms with Crippen LogP contribution in [0.3, 0.4) is 0 Å². The lowest BCUT2D eigenvalue weighted by Gasteiger charge is -2.20. The zero-order valence-corrected chi connectivity index (χ0v) is 10.2. The minimum atomic E-state index is -0.496. The maximum Gasteiger partial charge on any atom is 0.164 e. The number of carbonyl (C=O) groups excluding carboxylic acids is 1. The van der Waals surface area contributed by atoms with Gasteiger partial charge >= 0.3 is 0 Å². The third-order valence-electron chi connectivity index (χ3n) is 2.48. The fourth-order valence-electron chi connectivity index (χ4n) is 1.73. The molecule has 0 saturated heterocycles. The van der Waals surface area contributed by atoms with Crippen LogP contribution in [0.25, 0.3) is 0 Å². The van der Waals surface area contributed by atoms with Crippen LogP contribution in [0.4, 0.5) is 0 Å². The molecule has 2 N–H and O–H groups in total. The van der Waals surface area contributed by atoms with Gasteiger partial charge in [0.05, 0.1) is 0 Å². The molecule has 0 fully saturated rings. The molecule has 1 aromatic rings. The predicted molar refractivity (Wildman–Crippen MR) is 64.6 cm³/mol. The molecule has 1 aliphatic rings. The van der Waals surface area contributed by atoms with E-state index in [9.17, 15) is 4.79 Å². The number of ether oxygens (including phenoxy) is 2. The van der Waals surface area contributed by atoms with E-state index in [1.807, 2.05) is 13.8 Å². The SMILES string of the molecule is CC(C)(N)CC(=O)c1ccc2c(c1)OCCO2. The summed E-state index contributed by atoms with van der Waals surface area (Å²) < 4.78 is 10.8. The van der Waals surface area contributed by atoms with Gasteiger partial charge in [0.15, 0.2) is 17.3 Å². The maximum atomic E-state index is 12.0. The monoisotopic (exact) mass is 235 g/mol. The molecular weight excluding hydrogens is 218 g/mol. The van der Waals surface area contributed by atoms with Crippen molar-refractivity contribution in [2.75, 3.05) is 13.2 Å². The number of hydrogen-bond donors (Lipinski definition) is 1. The molecule has 92 valence electrons. The second-order valence-corrected chi connectivity index (χ2v) is 4.95. The summed E-state index contributed by atoms with van der Waals surface area (Å²) in [4.78, 5) is 12.0. The Balaban J connectivity index is 2.19. The standard InChI is InChI=1S/C13H17NO3/c1-13(2,14)8-10(15)9-3-4-11-12(7-9)17-6-5-16-11/h3-4,7H,5-6,8,14H2,1-2H3. The van der Waals surface area contributed by atoms with E-state index in [2.05, 4.69) is 0 Å². The molecule has 0 amide bonds. The molecule has 0 aromatic heterocycles. The summed E-state index contributed by atoms with van der Waals surface area (Å²) in [5.74, 6) is 1.35. The highest BCUT2D eigenvalue weighted by Gasteiger charge is 2.20. The third kappa shape index (κ3) is 2.97. The molecule has 0 spiro atoms. The van der Waals surface area contributed by atoms with Gasteiger partial charge in [-0.2, -0.15) is 0 Å². The quantitative estimate of drug-likeness (QED) is 0.811. The molecule has 1 aliphatic heterocycles. The predicted octanol–water partition coefficient (Wildman–Crippen LogP) is 1.77. The third-order valence-corrected chi connectivity index (χ3v) is 2.48. The van der Waals surface area contributed by atoms with Crippen LogP contribution in [-0.4, -0.2) is 24.5 Å². The maximum absolute atomic E-state index is 12.0. The van der Waals surface area contributed by atoms with Crippen LogP contribution in [0.1, 0.15) is 30.6 Å². The van der Waals surface area contributed by atoms with Crippen molar-refractivity contribution in [1.29, 1.82) is 0 Å². The molecule has 4 nitrogen and oxygen atoms in total. The largest absolute Gasteiger partial charge is 0.486 e. The van der Waals surface area contributed by atoms with Crippen LogP contribution in [-0.2, 0) is 0 Å². The Hall–Kier alpha value is -1.55. The van der Waals surface area contributed by atoms with Crippen molar-refractivity contribution >= 4 is 5.78 Å². The number of rotatable bonds is 3. The Kier molecular flexibility index (Phi) is 3.07. The van der Waals surface area contributed by atoms with Crippen LogP contribution < -0.4 is 15.2 Å². The van der Waals surface area contributed by atoms with Crippen LogP contribution in [0, 0.1) is 0 Å². The minimum Gasteiger partial charge on any atom is -0.486 e. The molecular formula is C13H17NO3. The highest BCUT2D eigenvalue weighted by Crippen LogP contribution is 2.31. The summed E-state index contributed by atoms with van der Waals surface area (Å²) in [6.07, 6.45) is 0.312. The number of Topliss-reactive ketones (excluding diaryl/α,β-unsaturated/α-hetero) is 1. The smallest absolute Gasteiger partial charge is 0.164 e. The zero-order chi connectivity index (χ0) is 12.5. The number of hydrogen-bond acceptors (Lipinski definition) is 4. The van der Waals surface area contributed by atoms with Gasteiger partial charge in [0.25, 0.3) is 0 Å². The van der Waals surface area contributed by atoms with Gasteiger partial charge in [-0.05, 0) is 32.0 Å². The van der Waals surface area contributed by atoms with Crippen molar-refractivity contribution in [3.8, 4) is 11.5 Å². The first-order chi connectivity index (χ1) is 7.96. The summed E-state index contributed by atoms with van der Waals surface area (Å²) in [6.45, 7) is 4.75. The highest BCUT2D eigenvalue weighted by molar-refractivity contribution is 5.97.